The van der Waals surface area contributed by atoms with Crippen molar-refractivity contribution >= 4 is 21.7 Å². The number of nitrogens with zero attached hydrogens (tertiary/aromatic N) is 2. The number of carbonyl (C=O) groups excluding carboxylic acids is 1. The van der Waals surface area contributed by atoms with Crippen molar-refractivity contribution in [2.75, 3.05) is 0 Å². The number of rotatable bonds is 4. The third kappa shape index (κ3) is 8.32. The number of aliphatic hydroxyl groups is 1. The number of aliphatic hydroxyl groups excluding tert-OH is 1. The molecule has 12 nitrogen and oxygen atoms in total. The van der Waals surface area contributed by atoms with Crippen molar-refractivity contribution in [1.82, 2.24) is 0 Å². The molecule has 10 N–H and O–H groups in total. The molecule has 0 unspecified atom stereocenters. The average molecular weight is 377 g/mol. The number of phenolic OH excluding ortho intramolecular Hbond substituents is 1. The van der Waals surface area contributed by atoms with Gasteiger partial charge in [-0.2, -0.15) is 0 Å². The Labute approximate surface area is 158 Å². The van der Waals surface area contributed by atoms with E-state index in [1.54, 1.807) is 0 Å². The molecule has 0 atom stereocenters. The van der Waals surface area contributed by atoms with Gasteiger partial charge in [0.2, 0.25) is 0 Å². The van der Waals surface area contributed by atoms with Crippen molar-refractivity contribution in [2.45, 2.75) is 11.8 Å². The zero-order valence-electron chi connectivity index (χ0n) is 12.6. The van der Waals surface area contributed by atoms with E-state index in [1.165, 1.54) is 0 Å². The summed E-state index contributed by atoms with van der Waals surface area (Å²) in [7, 11) is -4.73. The van der Waals surface area contributed by atoms with Crippen LogP contribution in [0.5, 0.6) is 5.75 Å². The van der Waals surface area contributed by atoms with Gasteiger partial charge < -0.3 is 36.9 Å². The molecule has 0 saturated carbocycles. The summed E-state index contributed by atoms with van der Waals surface area (Å²) in [5.41, 5.74) is 3.98. The van der Waals surface area contributed by atoms with Gasteiger partial charge in [0.15, 0.2) is 5.70 Å². The van der Waals surface area contributed by atoms with E-state index in [4.69, 9.17) is 10.8 Å². The number of nitrogens with two attached hydrogens (primary N) is 1. The quantitative estimate of drug-likeness (QED) is 0.152. The number of azo groups is 1. The standard InChI is InChI=1S/C10H11N3O6S.Na.3H2O/c1-5(14)9(10(11)16)13-12-7-4-6(20(17,18)19)2-3-8(7)15;;;;/h2-4,14-15H,1H3,(H2,11,16)(H,17,18,19);;3*1H2/q;+1;;;/p-1/b9-5+,13-12?;;;;. The van der Waals surface area contributed by atoms with Crippen LogP contribution < -0.4 is 35.3 Å². The molecule has 0 aliphatic rings. The van der Waals surface area contributed by atoms with Gasteiger partial charge in [0.05, 0.1) is 4.90 Å². The van der Waals surface area contributed by atoms with Crippen LogP contribution in [-0.2, 0) is 14.9 Å². The molecule has 0 heterocycles. The molecule has 0 aliphatic carbocycles. The fourth-order valence-electron chi connectivity index (χ4n) is 1.14. The second kappa shape index (κ2) is 11.9. The third-order valence-electron chi connectivity index (χ3n) is 2.07. The second-order valence-corrected chi connectivity index (χ2v) is 4.98. The van der Waals surface area contributed by atoms with Gasteiger partial charge >= 0.3 is 29.6 Å². The average Bonchev–Trinajstić information content (AvgIpc) is 2.29. The smallest absolute Gasteiger partial charge is 0.744 e. The largest absolute Gasteiger partial charge is 1.00 e. The monoisotopic (exact) mass is 377 g/mol. The molecular weight excluding hydrogens is 361 g/mol. The number of benzene rings is 1. The molecule has 0 fully saturated rings. The molecule has 0 aromatic heterocycles. The van der Waals surface area contributed by atoms with E-state index in [0.29, 0.717) is 0 Å². The van der Waals surface area contributed by atoms with Gasteiger partial charge in [-0.1, -0.05) is 0 Å². The number of allylic oxidation sites excluding steroid dienone is 1. The number of phenols is 1. The van der Waals surface area contributed by atoms with Gasteiger partial charge in [-0.3, -0.25) is 4.79 Å². The zero-order chi connectivity index (χ0) is 15.5. The number of hydrogen-bond donors (Lipinski definition) is 3. The minimum atomic E-state index is -4.73. The molecule has 1 aromatic carbocycles. The first kappa shape index (κ1) is 30.3. The normalized spacial score (nSPS) is 11.1. The van der Waals surface area contributed by atoms with Crippen LogP contribution in [0.2, 0.25) is 0 Å². The minimum absolute atomic E-state index is 0. The molecule has 1 rings (SSSR count). The summed E-state index contributed by atoms with van der Waals surface area (Å²) in [6.45, 7) is 1.14. The van der Waals surface area contributed by atoms with Gasteiger partial charge in [-0.15, -0.1) is 10.2 Å². The Morgan fingerprint density at radius 3 is 2.12 bits per heavy atom. The minimum Gasteiger partial charge on any atom is -0.744 e. The maximum atomic E-state index is 10.9. The van der Waals surface area contributed by atoms with Crippen molar-refractivity contribution < 1.29 is 74.0 Å². The molecule has 0 bridgehead atoms. The SMILES string of the molecule is C/C(O)=C(\N=Nc1cc(S(=O)(=O)[O-])ccc1O)C(N)=O.O.O.O.[Na+]. The summed E-state index contributed by atoms with van der Waals surface area (Å²) < 4.78 is 32.5. The molecule has 24 heavy (non-hydrogen) atoms. The molecule has 14 heteroatoms. The first-order valence-corrected chi connectivity index (χ1v) is 6.44. The van der Waals surface area contributed by atoms with E-state index < -0.39 is 38.1 Å². The number of carbonyl (C=O) groups is 1. The van der Waals surface area contributed by atoms with Crippen molar-refractivity contribution in [3.63, 3.8) is 0 Å². The van der Waals surface area contributed by atoms with Gasteiger partial charge in [0.25, 0.3) is 5.91 Å². The maximum absolute atomic E-state index is 10.9. The van der Waals surface area contributed by atoms with Crippen molar-refractivity contribution in [1.29, 1.82) is 0 Å². The fraction of sp³-hybridized carbons (Fsp3) is 0.100. The predicted octanol–water partition coefficient (Wildman–Crippen LogP) is -4.82. The first-order chi connectivity index (χ1) is 9.12. The Morgan fingerprint density at radius 1 is 1.25 bits per heavy atom. The van der Waals surface area contributed by atoms with Crippen LogP contribution in [-0.4, -0.2) is 45.5 Å². The van der Waals surface area contributed by atoms with Crippen LogP contribution in [0, 0.1) is 0 Å². The number of aromatic hydroxyl groups is 1. The van der Waals surface area contributed by atoms with Crippen molar-refractivity contribution in [2.24, 2.45) is 16.0 Å². The van der Waals surface area contributed by atoms with E-state index >= 15 is 0 Å². The molecule has 1 aromatic rings. The van der Waals surface area contributed by atoms with E-state index in [9.17, 15) is 22.9 Å². The Morgan fingerprint density at radius 2 is 1.75 bits per heavy atom. The molecule has 1 amide bonds. The van der Waals surface area contributed by atoms with Gasteiger partial charge in [0.1, 0.15) is 27.3 Å². The summed E-state index contributed by atoms with van der Waals surface area (Å²) in [6, 6.07) is 2.59. The predicted molar refractivity (Wildman–Crippen MR) is 76.0 cm³/mol. The number of hydrogen-bond acceptors (Lipinski definition) is 8. The van der Waals surface area contributed by atoms with Crippen LogP contribution in [0.1, 0.15) is 6.92 Å². The van der Waals surface area contributed by atoms with E-state index in [1.807, 2.05) is 0 Å². The topological polar surface area (TPSA) is 260 Å². The zero-order valence-corrected chi connectivity index (χ0v) is 15.5. The fourth-order valence-corrected chi connectivity index (χ4v) is 1.63. The summed E-state index contributed by atoms with van der Waals surface area (Å²) in [5.74, 6) is -2.05. The molecule has 0 spiro atoms. The van der Waals surface area contributed by atoms with Crippen molar-refractivity contribution in [3.8, 4) is 5.75 Å². The number of amides is 1. The van der Waals surface area contributed by atoms with Crippen LogP contribution in [0.3, 0.4) is 0 Å². The van der Waals surface area contributed by atoms with Crippen LogP contribution in [0.15, 0.2) is 44.8 Å². The number of primary amides is 1. The molecule has 0 radical (unpaired) electrons. The van der Waals surface area contributed by atoms with Crippen LogP contribution in [0.4, 0.5) is 5.69 Å². The Hall–Kier alpha value is -1.58. The maximum Gasteiger partial charge on any atom is 1.00 e. The Balaban J connectivity index is -0.000000500. The van der Waals surface area contributed by atoms with Gasteiger partial charge in [0, 0.05) is 0 Å². The van der Waals surface area contributed by atoms with E-state index in [0.717, 1.165) is 25.1 Å². The van der Waals surface area contributed by atoms with Gasteiger partial charge in [-0.05, 0) is 25.1 Å². The molecular formula is C10H16N3NaO9S. The van der Waals surface area contributed by atoms with Crippen LogP contribution in [0.25, 0.3) is 0 Å². The molecule has 132 valence electrons. The van der Waals surface area contributed by atoms with Crippen molar-refractivity contribution in [3.05, 3.63) is 29.7 Å². The Kier molecular flexibility index (Phi) is 15.0. The Bertz CT molecular complexity index is 714. The van der Waals surface area contributed by atoms with E-state index in [2.05, 4.69) is 10.2 Å². The van der Waals surface area contributed by atoms with Gasteiger partial charge in [-0.25, -0.2) is 8.42 Å². The summed E-state index contributed by atoms with van der Waals surface area (Å²) >= 11 is 0. The first-order valence-electron chi connectivity index (χ1n) is 5.03. The third-order valence-corrected chi connectivity index (χ3v) is 2.90. The van der Waals surface area contributed by atoms with E-state index in [-0.39, 0.29) is 51.7 Å². The summed E-state index contributed by atoms with van der Waals surface area (Å²) in [4.78, 5) is 10.3. The summed E-state index contributed by atoms with van der Waals surface area (Å²) in [5, 5.41) is 25.3. The second-order valence-electron chi connectivity index (χ2n) is 3.60. The molecule has 0 aliphatic heterocycles. The molecule has 0 saturated heterocycles. The van der Waals surface area contributed by atoms with Crippen LogP contribution >= 0.6 is 0 Å². The summed E-state index contributed by atoms with van der Waals surface area (Å²) in [6.07, 6.45) is 0.